The Morgan fingerprint density at radius 1 is 0.889 bits per heavy atom. The lowest BCUT2D eigenvalue weighted by Crippen LogP contribution is -2.49. The number of carbonyl (C=O) groups excluding carboxylic acids is 1. The largest absolute Gasteiger partial charge is 0.353 e. The molecule has 0 spiro atoms. The third-order valence-electron chi connectivity index (χ3n) is 4.70. The van der Waals surface area contributed by atoms with Crippen molar-refractivity contribution in [1.29, 1.82) is 0 Å². The van der Waals surface area contributed by atoms with Gasteiger partial charge in [-0.05, 0) is 24.3 Å². The molecule has 2 heterocycles. The van der Waals surface area contributed by atoms with E-state index in [4.69, 9.17) is 0 Å². The van der Waals surface area contributed by atoms with Gasteiger partial charge in [0.2, 0.25) is 0 Å². The predicted octanol–water partition coefficient (Wildman–Crippen LogP) is 3.87. The van der Waals surface area contributed by atoms with E-state index in [1.165, 1.54) is 0 Å². The maximum absolute atomic E-state index is 12.7. The van der Waals surface area contributed by atoms with Crippen LogP contribution in [0.2, 0.25) is 0 Å². The Bertz CT molecular complexity index is 922. The van der Waals surface area contributed by atoms with Gasteiger partial charge >= 0.3 is 0 Å². The van der Waals surface area contributed by atoms with E-state index < -0.39 is 0 Å². The summed E-state index contributed by atoms with van der Waals surface area (Å²) >= 11 is 3.40. The molecule has 0 saturated carbocycles. The molecule has 0 atom stereocenters. The van der Waals surface area contributed by atoms with Crippen molar-refractivity contribution in [1.82, 2.24) is 14.9 Å². The van der Waals surface area contributed by atoms with E-state index in [0.717, 1.165) is 40.2 Å². The second-order valence-corrected chi connectivity index (χ2v) is 7.33. The molecule has 2 aromatic carbocycles. The van der Waals surface area contributed by atoms with Crippen molar-refractivity contribution < 1.29 is 4.79 Å². The summed E-state index contributed by atoms with van der Waals surface area (Å²) in [5.74, 6) is 0.981. The minimum absolute atomic E-state index is 0.0785. The first-order valence-electron chi connectivity index (χ1n) is 8.88. The molecule has 1 aliphatic heterocycles. The molecule has 0 aliphatic carbocycles. The lowest BCUT2D eigenvalue weighted by Gasteiger charge is -2.35. The van der Waals surface area contributed by atoms with Crippen LogP contribution in [0.3, 0.4) is 0 Å². The summed E-state index contributed by atoms with van der Waals surface area (Å²) in [4.78, 5) is 25.6. The fourth-order valence-corrected chi connectivity index (χ4v) is 3.46. The lowest BCUT2D eigenvalue weighted by atomic mass is 10.1. The Labute approximate surface area is 166 Å². The van der Waals surface area contributed by atoms with E-state index in [0.29, 0.717) is 13.1 Å². The second-order valence-electron chi connectivity index (χ2n) is 6.41. The molecule has 0 N–H and O–H groups in total. The summed E-state index contributed by atoms with van der Waals surface area (Å²) in [6, 6.07) is 19.6. The van der Waals surface area contributed by atoms with Gasteiger partial charge in [0.25, 0.3) is 5.91 Å². The van der Waals surface area contributed by atoms with Crippen LogP contribution in [0.25, 0.3) is 11.3 Å². The molecule has 136 valence electrons. The molecule has 0 bridgehead atoms. The van der Waals surface area contributed by atoms with Gasteiger partial charge in [0, 0.05) is 47.8 Å². The third-order valence-corrected chi connectivity index (χ3v) is 5.23. The highest BCUT2D eigenvalue weighted by Crippen LogP contribution is 2.22. The lowest BCUT2D eigenvalue weighted by molar-refractivity contribution is 0.0746. The first-order valence-corrected chi connectivity index (χ1v) is 9.67. The number of hydrogen-bond donors (Lipinski definition) is 0. The summed E-state index contributed by atoms with van der Waals surface area (Å²) in [5.41, 5.74) is 2.71. The number of aromatic nitrogens is 2. The van der Waals surface area contributed by atoms with Crippen LogP contribution in [0.15, 0.2) is 71.5 Å². The summed E-state index contributed by atoms with van der Waals surface area (Å²) < 4.78 is 0.974. The Morgan fingerprint density at radius 2 is 1.59 bits per heavy atom. The highest BCUT2D eigenvalue weighted by molar-refractivity contribution is 9.10. The number of anilines is 1. The number of piperazine rings is 1. The fraction of sp³-hybridized carbons (Fsp3) is 0.190. The first-order chi connectivity index (χ1) is 13.2. The number of benzene rings is 2. The zero-order valence-corrected chi connectivity index (χ0v) is 16.3. The SMILES string of the molecule is O=C(c1ccc(Br)cc1)N1CCN(c2cc(-c3ccccc3)ncn2)CC1. The Hall–Kier alpha value is -2.73. The van der Waals surface area contributed by atoms with E-state index in [2.05, 4.69) is 30.8 Å². The van der Waals surface area contributed by atoms with Crippen LogP contribution in [0, 0.1) is 0 Å². The molecule has 1 saturated heterocycles. The third kappa shape index (κ3) is 4.01. The zero-order chi connectivity index (χ0) is 18.6. The van der Waals surface area contributed by atoms with Crippen molar-refractivity contribution >= 4 is 27.7 Å². The molecule has 5 nitrogen and oxygen atoms in total. The Kier molecular flexibility index (Phi) is 5.16. The molecular formula is C21H19BrN4O. The highest BCUT2D eigenvalue weighted by atomic mass is 79.9. The number of hydrogen-bond acceptors (Lipinski definition) is 4. The Morgan fingerprint density at radius 3 is 2.30 bits per heavy atom. The molecule has 1 fully saturated rings. The maximum Gasteiger partial charge on any atom is 0.253 e. The van der Waals surface area contributed by atoms with Crippen LogP contribution in [0.1, 0.15) is 10.4 Å². The molecule has 0 unspecified atom stereocenters. The topological polar surface area (TPSA) is 49.3 Å². The number of halogens is 1. The van der Waals surface area contributed by atoms with Crippen LogP contribution in [0.4, 0.5) is 5.82 Å². The minimum atomic E-state index is 0.0785. The van der Waals surface area contributed by atoms with E-state index in [9.17, 15) is 4.79 Å². The minimum Gasteiger partial charge on any atom is -0.353 e. The van der Waals surface area contributed by atoms with Gasteiger partial charge in [-0.15, -0.1) is 0 Å². The monoisotopic (exact) mass is 422 g/mol. The van der Waals surface area contributed by atoms with Gasteiger partial charge in [0.05, 0.1) is 5.69 Å². The smallest absolute Gasteiger partial charge is 0.253 e. The van der Waals surface area contributed by atoms with Crippen LogP contribution in [0.5, 0.6) is 0 Å². The van der Waals surface area contributed by atoms with Crippen molar-refractivity contribution in [3.05, 3.63) is 77.0 Å². The van der Waals surface area contributed by atoms with Crippen LogP contribution in [-0.4, -0.2) is 47.0 Å². The summed E-state index contributed by atoms with van der Waals surface area (Å²) in [7, 11) is 0. The van der Waals surface area contributed by atoms with E-state index in [-0.39, 0.29) is 5.91 Å². The normalized spacial score (nSPS) is 14.3. The standard InChI is InChI=1S/C21H19BrN4O/c22-18-8-6-17(7-9-18)21(27)26-12-10-25(11-13-26)20-14-19(23-15-24-20)16-4-2-1-3-5-16/h1-9,14-15H,10-13H2. The summed E-state index contributed by atoms with van der Waals surface area (Å²) in [5, 5.41) is 0. The molecule has 3 aromatic rings. The van der Waals surface area contributed by atoms with Gasteiger partial charge in [-0.25, -0.2) is 9.97 Å². The maximum atomic E-state index is 12.7. The Balaban J connectivity index is 1.43. The van der Waals surface area contributed by atoms with Gasteiger partial charge in [-0.3, -0.25) is 4.79 Å². The highest BCUT2D eigenvalue weighted by Gasteiger charge is 2.23. The van der Waals surface area contributed by atoms with E-state index in [1.807, 2.05) is 65.6 Å². The number of amides is 1. The van der Waals surface area contributed by atoms with Gasteiger partial charge in [0.15, 0.2) is 0 Å². The molecule has 1 aromatic heterocycles. The van der Waals surface area contributed by atoms with Gasteiger partial charge in [-0.1, -0.05) is 46.3 Å². The van der Waals surface area contributed by atoms with Crippen molar-refractivity contribution in [2.24, 2.45) is 0 Å². The van der Waals surface area contributed by atoms with Crippen molar-refractivity contribution in [2.45, 2.75) is 0 Å². The van der Waals surface area contributed by atoms with Crippen LogP contribution >= 0.6 is 15.9 Å². The molecular weight excluding hydrogens is 404 g/mol. The van der Waals surface area contributed by atoms with Gasteiger partial charge in [0.1, 0.15) is 12.1 Å². The second kappa shape index (κ2) is 7.88. The molecule has 0 radical (unpaired) electrons. The van der Waals surface area contributed by atoms with E-state index in [1.54, 1.807) is 6.33 Å². The first kappa shape index (κ1) is 17.7. The molecule has 4 rings (SSSR count). The van der Waals surface area contributed by atoms with Crippen LogP contribution < -0.4 is 4.90 Å². The van der Waals surface area contributed by atoms with Crippen LogP contribution in [-0.2, 0) is 0 Å². The van der Waals surface area contributed by atoms with Crippen molar-refractivity contribution in [2.75, 3.05) is 31.1 Å². The average molecular weight is 423 g/mol. The molecule has 27 heavy (non-hydrogen) atoms. The summed E-state index contributed by atoms with van der Waals surface area (Å²) in [6.45, 7) is 2.88. The average Bonchev–Trinajstić information content (AvgIpc) is 2.75. The summed E-state index contributed by atoms with van der Waals surface area (Å²) in [6.07, 6.45) is 1.61. The number of nitrogens with zero attached hydrogens (tertiary/aromatic N) is 4. The van der Waals surface area contributed by atoms with Gasteiger partial charge < -0.3 is 9.80 Å². The van der Waals surface area contributed by atoms with Crippen molar-refractivity contribution in [3.63, 3.8) is 0 Å². The molecule has 1 amide bonds. The number of carbonyl (C=O) groups is 1. The van der Waals surface area contributed by atoms with E-state index >= 15 is 0 Å². The zero-order valence-electron chi connectivity index (χ0n) is 14.8. The molecule has 1 aliphatic rings. The van der Waals surface area contributed by atoms with Gasteiger partial charge in [-0.2, -0.15) is 0 Å². The number of rotatable bonds is 3. The molecule has 6 heteroatoms. The fourth-order valence-electron chi connectivity index (χ4n) is 3.20. The van der Waals surface area contributed by atoms with Crippen molar-refractivity contribution in [3.8, 4) is 11.3 Å². The predicted molar refractivity (Wildman–Crippen MR) is 110 cm³/mol. The quantitative estimate of drug-likeness (QED) is 0.642.